The van der Waals surface area contributed by atoms with Gasteiger partial charge >= 0.3 is 12.1 Å². The van der Waals surface area contributed by atoms with Gasteiger partial charge in [-0.05, 0) is 32.4 Å². The molecule has 1 atom stereocenters. The Kier molecular flexibility index (Phi) is 5.12. The minimum atomic E-state index is -1.34. The second-order valence-corrected chi connectivity index (χ2v) is 5.49. The number of aromatic hydroxyl groups is 1. The minimum absolute atomic E-state index is 0.0819. The van der Waals surface area contributed by atoms with Gasteiger partial charge in [-0.25, -0.2) is 14.0 Å². The van der Waals surface area contributed by atoms with Gasteiger partial charge in [0.1, 0.15) is 11.6 Å². The fourth-order valence-corrected chi connectivity index (χ4v) is 1.59. The molecule has 0 heterocycles. The molecule has 0 aliphatic heterocycles. The van der Waals surface area contributed by atoms with E-state index in [0.717, 1.165) is 6.07 Å². The lowest BCUT2D eigenvalue weighted by atomic mass is 10.0. The van der Waals surface area contributed by atoms with Gasteiger partial charge in [0.25, 0.3) is 0 Å². The molecule has 0 radical (unpaired) electrons. The van der Waals surface area contributed by atoms with Gasteiger partial charge in [-0.15, -0.1) is 0 Å². The summed E-state index contributed by atoms with van der Waals surface area (Å²) in [6.45, 7) is 4.92. The number of carboxylic acid groups (broad SMARTS) is 1. The van der Waals surface area contributed by atoms with Crippen LogP contribution in [0.4, 0.5) is 9.18 Å². The van der Waals surface area contributed by atoms with E-state index < -0.39 is 35.3 Å². The zero-order valence-corrected chi connectivity index (χ0v) is 12.0. The summed E-state index contributed by atoms with van der Waals surface area (Å²) < 4.78 is 18.2. The van der Waals surface area contributed by atoms with E-state index in [-0.39, 0.29) is 12.0 Å². The van der Waals surface area contributed by atoms with Gasteiger partial charge in [0.05, 0.1) is 0 Å². The van der Waals surface area contributed by atoms with Crippen LogP contribution in [0.3, 0.4) is 0 Å². The summed E-state index contributed by atoms with van der Waals surface area (Å²) in [7, 11) is 0. The van der Waals surface area contributed by atoms with Crippen LogP contribution in [-0.4, -0.2) is 33.9 Å². The number of carbonyl (C=O) groups excluding carboxylic acids is 1. The van der Waals surface area contributed by atoms with Crippen molar-refractivity contribution in [2.75, 3.05) is 0 Å². The van der Waals surface area contributed by atoms with Crippen LogP contribution in [0, 0.1) is 5.82 Å². The van der Waals surface area contributed by atoms with Crippen LogP contribution < -0.4 is 5.32 Å². The van der Waals surface area contributed by atoms with Crippen molar-refractivity contribution in [3.05, 3.63) is 29.6 Å². The van der Waals surface area contributed by atoms with Crippen LogP contribution in [0.1, 0.15) is 26.3 Å². The largest absolute Gasteiger partial charge is 0.505 e. The molecule has 0 spiro atoms. The van der Waals surface area contributed by atoms with Gasteiger partial charge < -0.3 is 20.3 Å². The SMILES string of the molecule is CC(C)(C)OC(=O)NC(Cc1cccc(F)c1O)C(=O)O. The normalized spacial score (nSPS) is 12.6. The van der Waals surface area contributed by atoms with Crippen LogP contribution in [0.15, 0.2) is 18.2 Å². The van der Waals surface area contributed by atoms with E-state index in [9.17, 15) is 19.1 Å². The highest BCUT2D eigenvalue weighted by Crippen LogP contribution is 2.22. The van der Waals surface area contributed by atoms with Gasteiger partial charge in [-0.1, -0.05) is 12.1 Å². The number of ether oxygens (including phenoxy) is 1. The van der Waals surface area contributed by atoms with E-state index in [1.807, 2.05) is 0 Å². The molecule has 1 aromatic carbocycles. The Morgan fingerprint density at radius 2 is 2.00 bits per heavy atom. The maximum Gasteiger partial charge on any atom is 0.408 e. The number of halogens is 1. The third-order valence-electron chi connectivity index (χ3n) is 2.48. The second kappa shape index (κ2) is 6.43. The fourth-order valence-electron chi connectivity index (χ4n) is 1.59. The number of hydrogen-bond acceptors (Lipinski definition) is 4. The quantitative estimate of drug-likeness (QED) is 0.790. The summed E-state index contributed by atoms with van der Waals surface area (Å²) >= 11 is 0. The Morgan fingerprint density at radius 3 is 2.52 bits per heavy atom. The second-order valence-electron chi connectivity index (χ2n) is 5.49. The van der Waals surface area contributed by atoms with E-state index in [4.69, 9.17) is 9.84 Å². The molecule has 0 aliphatic rings. The first-order valence-corrected chi connectivity index (χ1v) is 6.29. The molecular weight excluding hydrogens is 281 g/mol. The molecule has 21 heavy (non-hydrogen) atoms. The first kappa shape index (κ1) is 16.7. The Balaban J connectivity index is 2.82. The van der Waals surface area contributed by atoms with Crippen molar-refractivity contribution in [1.82, 2.24) is 5.32 Å². The minimum Gasteiger partial charge on any atom is -0.505 e. The zero-order valence-electron chi connectivity index (χ0n) is 12.0. The molecular formula is C14H18FNO5. The van der Waals surface area contributed by atoms with Gasteiger partial charge in [0, 0.05) is 6.42 Å². The number of hydrogen-bond donors (Lipinski definition) is 3. The predicted octanol–water partition coefficient (Wildman–Crippen LogP) is 2.05. The van der Waals surface area contributed by atoms with Crippen molar-refractivity contribution < 1.29 is 28.9 Å². The first-order chi connectivity index (χ1) is 9.60. The smallest absolute Gasteiger partial charge is 0.408 e. The summed E-state index contributed by atoms with van der Waals surface area (Å²) in [4.78, 5) is 22.7. The van der Waals surface area contributed by atoms with E-state index in [2.05, 4.69) is 5.32 Å². The number of rotatable bonds is 4. The topological polar surface area (TPSA) is 95.9 Å². The van der Waals surface area contributed by atoms with Crippen LogP contribution >= 0.6 is 0 Å². The number of para-hydroxylation sites is 1. The predicted molar refractivity (Wildman–Crippen MR) is 72.6 cm³/mol. The van der Waals surface area contributed by atoms with Gasteiger partial charge in [-0.2, -0.15) is 0 Å². The van der Waals surface area contributed by atoms with Crippen LogP contribution in [0.5, 0.6) is 5.75 Å². The Labute approximate surface area is 121 Å². The van der Waals surface area contributed by atoms with Crippen molar-refractivity contribution >= 4 is 12.1 Å². The molecule has 1 rings (SSSR count). The molecule has 6 nitrogen and oxygen atoms in total. The number of nitrogens with one attached hydrogen (secondary N) is 1. The number of benzene rings is 1. The van der Waals surface area contributed by atoms with E-state index in [1.54, 1.807) is 20.8 Å². The van der Waals surface area contributed by atoms with E-state index in [0.29, 0.717) is 0 Å². The molecule has 0 saturated heterocycles. The molecule has 1 amide bonds. The maximum atomic E-state index is 13.2. The number of phenols is 1. The Bertz CT molecular complexity index is 539. The molecule has 0 aliphatic carbocycles. The molecule has 1 aromatic rings. The molecule has 0 bridgehead atoms. The zero-order chi connectivity index (χ0) is 16.2. The molecule has 0 fully saturated rings. The molecule has 0 aromatic heterocycles. The lowest BCUT2D eigenvalue weighted by molar-refractivity contribution is -0.139. The highest BCUT2D eigenvalue weighted by Gasteiger charge is 2.25. The lowest BCUT2D eigenvalue weighted by Gasteiger charge is -2.22. The number of phenolic OH excluding ortho intramolecular Hbond substituents is 1. The van der Waals surface area contributed by atoms with Crippen molar-refractivity contribution in [3.63, 3.8) is 0 Å². The Hall–Kier alpha value is -2.31. The highest BCUT2D eigenvalue weighted by molar-refractivity contribution is 5.80. The van der Waals surface area contributed by atoms with Crippen LogP contribution in [-0.2, 0) is 16.0 Å². The summed E-state index contributed by atoms with van der Waals surface area (Å²) in [5.41, 5.74) is -0.688. The third kappa shape index (κ3) is 5.29. The number of amides is 1. The van der Waals surface area contributed by atoms with Crippen molar-refractivity contribution in [1.29, 1.82) is 0 Å². The summed E-state index contributed by atoms with van der Waals surface area (Å²) in [6.07, 6.45) is -1.16. The molecule has 116 valence electrons. The van der Waals surface area contributed by atoms with Crippen LogP contribution in [0.25, 0.3) is 0 Å². The monoisotopic (exact) mass is 299 g/mol. The van der Waals surface area contributed by atoms with Gasteiger partial charge in [-0.3, -0.25) is 0 Å². The van der Waals surface area contributed by atoms with E-state index in [1.165, 1.54) is 12.1 Å². The standard InChI is InChI=1S/C14H18FNO5/c1-14(2,3)21-13(20)16-10(12(18)19)7-8-5-4-6-9(15)11(8)17/h4-6,10,17H,7H2,1-3H3,(H,16,20)(H,18,19). The number of alkyl carbamates (subject to hydrolysis) is 1. The molecule has 7 heteroatoms. The van der Waals surface area contributed by atoms with E-state index >= 15 is 0 Å². The molecule has 3 N–H and O–H groups in total. The number of aliphatic carboxylic acids is 1. The first-order valence-electron chi connectivity index (χ1n) is 6.29. The van der Waals surface area contributed by atoms with Crippen LogP contribution in [0.2, 0.25) is 0 Å². The van der Waals surface area contributed by atoms with Crippen molar-refractivity contribution in [3.8, 4) is 5.75 Å². The average Bonchev–Trinajstić information content (AvgIpc) is 2.31. The van der Waals surface area contributed by atoms with Crippen molar-refractivity contribution in [2.45, 2.75) is 38.8 Å². The summed E-state index contributed by atoms with van der Waals surface area (Å²) in [6, 6.07) is 2.44. The maximum absolute atomic E-state index is 13.2. The fraction of sp³-hybridized carbons (Fsp3) is 0.429. The number of carboxylic acids is 1. The molecule has 1 unspecified atom stereocenters. The van der Waals surface area contributed by atoms with Crippen molar-refractivity contribution in [2.24, 2.45) is 0 Å². The highest BCUT2D eigenvalue weighted by atomic mass is 19.1. The third-order valence-corrected chi connectivity index (χ3v) is 2.48. The number of carbonyl (C=O) groups is 2. The average molecular weight is 299 g/mol. The summed E-state index contributed by atoms with van der Waals surface area (Å²) in [5.74, 6) is -2.80. The van der Waals surface area contributed by atoms with Gasteiger partial charge in [0.15, 0.2) is 11.6 Å². The summed E-state index contributed by atoms with van der Waals surface area (Å²) in [5, 5.41) is 20.8. The molecule has 0 saturated carbocycles. The Morgan fingerprint density at radius 1 is 1.38 bits per heavy atom. The van der Waals surface area contributed by atoms with Gasteiger partial charge in [0.2, 0.25) is 0 Å². The lowest BCUT2D eigenvalue weighted by Crippen LogP contribution is -2.44.